The Morgan fingerprint density at radius 3 is 2.67 bits per heavy atom. The zero-order valence-electron chi connectivity index (χ0n) is 10.5. The summed E-state index contributed by atoms with van der Waals surface area (Å²) in [7, 11) is 0. The molecule has 0 aliphatic heterocycles. The van der Waals surface area contributed by atoms with E-state index in [4.69, 9.17) is 4.74 Å². The van der Waals surface area contributed by atoms with E-state index in [0.29, 0.717) is 12.1 Å². The molecule has 3 nitrogen and oxygen atoms in total. The van der Waals surface area contributed by atoms with Gasteiger partial charge in [-0.05, 0) is 24.1 Å². The minimum Gasteiger partial charge on any atom is -0.464 e. The van der Waals surface area contributed by atoms with Gasteiger partial charge in [-0.2, -0.15) is 0 Å². The normalized spacial score (nSPS) is 12.2. The Kier molecular flexibility index (Phi) is 5.71. The molecule has 5 heteroatoms. The molecule has 0 aliphatic rings. The predicted molar refractivity (Wildman–Crippen MR) is 63.9 cm³/mol. The highest BCUT2D eigenvalue weighted by atomic mass is 19.2. The number of carbonyl (C=O) groups excluding carboxylic acids is 1. The second-order valence-electron chi connectivity index (χ2n) is 4.04. The van der Waals surface area contributed by atoms with Crippen LogP contribution in [0.4, 0.5) is 8.78 Å². The maximum Gasteiger partial charge on any atom is 0.302 e. The first-order valence-electron chi connectivity index (χ1n) is 5.83. The number of rotatable bonds is 6. The Labute approximate surface area is 105 Å². The molecule has 0 saturated heterocycles. The molecule has 1 atom stereocenters. The summed E-state index contributed by atoms with van der Waals surface area (Å²) in [6, 6.07) is 3.77. The lowest BCUT2D eigenvalue weighted by molar-refractivity contribution is -0.141. The molecule has 0 aliphatic carbocycles. The number of benzene rings is 1. The first kappa shape index (κ1) is 14.6. The van der Waals surface area contributed by atoms with Crippen LogP contribution in [0, 0.1) is 11.6 Å². The van der Waals surface area contributed by atoms with E-state index in [0.717, 1.165) is 18.6 Å². The molecule has 1 aromatic carbocycles. The van der Waals surface area contributed by atoms with Gasteiger partial charge in [-0.15, -0.1) is 0 Å². The van der Waals surface area contributed by atoms with Crippen LogP contribution in [0.2, 0.25) is 0 Å². The monoisotopic (exact) mass is 257 g/mol. The second-order valence-corrected chi connectivity index (χ2v) is 4.04. The molecule has 18 heavy (non-hydrogen) atoms. The van der Waals surface area contributed by atoms with Crippen molar-refractivity contribution >= 4 is 5.97 Å². The largest absolute Gasteiger partial charge is 0.464 e. The van der Waals surface area contributed by atoms with E-state index in [1.165, 1.54) is 13.0 Å². The summed E-state index contributed by atoms with van der Waals surface area (Å²) in [6.45, 7) is 3.97. The standard InChI is InChI=1S/C13H17F2NO2/c1-3-11(8-18-9(2)17)16-7-10-4-5-12(14)13(15)6-10/h4-6,11,16H,3,7-8H2,1-2H3. The summed E-state index contributed by atoms with van der Waals surface area (Å²) in [6.07, 6.45) is 0.775. The smallest absolute Gasteiger partial charge is 0.302 e. The molecule has 1 aromatic rings. The second kappa shape index (κ2) is 7.06. The van der Waals surface area contributed by atoms with Gasteiger partial charge in [0, 0.05) is 19.5 Å². The third-order valence-corrected chi connectivity index (χ3v) is 2.56. The van der Waals surface area contributed by atoms with Crippen LogP contribution in [-0.4, -0.2) is 18.6 Å². The number of nitrogens with one attached hydrogen (secondary N) is 1. The number of esters is 1. The van der Waals surface area contributed by atoms with Gasteiger partial charge >= 0.3 is 5.97 Å². The van der Waals surface area contributed by atoms with Gasteiger partial charge in [-0.25, -0.2) is 8.78 Å². The van der Waals surface area contributed by atoms with Gasteiger partial charge in [0.25, 0.3) is 0 Å². The molecule has 0 aromatic heterocycles. The first-order valence-corrected chi connectivity index (χ1v) is 5.83. The topological polar surface area (TPSA) is 38.3 Å². The highest BCUT2D eigenvalue weighted by Crippen LogP contribution is 2.08. The summed E-state index contributed by atoms with van der Waals surface area (Å²) in [5, 5.41) is 3.12. The maximum atomic E-state index is 13.0. The average molecular weight is 257 g/mol. The van der Waals surface area contributed by atoms with E-state index in [9.17, 15) is 13.6 Å². The van der Waals surface area contributed by atoms with E-state index in [1.807, 2.05) is 6.92 Å². The Bertz CT molecular complexity index is 410. The molecule has 0 heterocycles. The van der Waals surface area contributed by atoms with Gasteiger partial charge in [0.1, 0.15) is 6.61 Å². The van der Waals surface area contributed by atoms with Gasteiger partial charge in [0.2, 0.25) is 0 Å². The quantitative estimate of drug-likeness (QED) is 0.795. The van der Waals surface area contributed by atoms with Crippen LogP contribution in [0.25, 0.3) is 0 Å². The van der Waals surface area contributed by atoms with Crippen molar-refractivity contribution in [3.05, 3.63) is 35.4 Å². The predicted octanol–water partition coefficient (Wildman–Crippen LogP) is 2.40. The van der Waals surface area contributed by atoms with Crippen molar-refractivity contribution in [2.24, 2.45) is 0 Å². The lowest BCUT2D eigenvalue weighted by Gasteiger charge is -2.16. The molecule has 0 saturated carbocycles. The van der Waals surface area contributed by atoms with E-state index in [1.54, 1.807) is 0 Å². The molecule has 0 radical (unpaired) electrons. The number of halogens is 2. The number of hydrogen-bond donors (Lipinski definition) is 1. The summed E-state index contributed by atoms with van der Waals surface area (Å²) < 4.78 is 30.6. The molecule has 1 N–H and O–H groups in total. The minimum absolute atomic E-state index is 0.00187. The Balaban J connectivity index is 2.46. The van der Waals surface area contributed by atoms with Crippen LogP contribution in [-0.2, 0) is 16.1 Å². The van der Waals surface area contributed by atoms with Crippen LogP contribution in [0.3, 0.4) is 0 Å². The fraction of sp³-hybridized carbons (Fsp3) is 0.462. The third-order valence-electron chi connectivity index (χ3n) is 2.56. The molecule has 100 valence electrons. The van der Waals surface area contributed by atoms with Crippen molar-refractivity contribution in [3.63, 3.8) is 0 Å². The lowest BCUT2D eigenvalue weighted by Crippen LogP contribution is -2.33. The molecule has 0 fully saturated rings. The fourth-order valence-electron chi connectivity index (χ4n) is 1.45. The van der Waals surface area contributed by atoms with Gasteiger partial charge in [0.05, 0.1) is 0 Å². The van der Waals surface area contributed by atoms with Crippen molar-refractivity contribution in [3.8, 4) is 0 Å². The summed E-state index contributed by atoms with van der Waals surface area (Å²) >= 11 is 0. The highest BCUT2D eigenvalue weighted by molar-refractivity contribution is 5.65. The van der Waals surface area contributed by atoms with E-state index in [2.05, 4.69) is 5.32 Å². The van der Waals surface area contributed by atoms with Crippen molar-refractivity contribution < 1.29 is 18.3 Å². The minimum atomic E-state index is -0.859. The van der Waals surface area contributed by atoms with E-state index >= 15 is 0 Å². The maximum absolute atomic E-state index is 13.0. The zero-order valence-corrected chi connectivity index (χ0v) is 10.5. The van der Waals surface area contributed by atoms with Crippen LogP contribution < -0.4 is 5.32 Å². The van der Waals surface area contributed by atoms with Gasteiger partial charge in [-0.1, -0.05) is 13.0 Å². The van der Waals surface area contributed by atoms with Crippen molar-refractivity contribution in [1.82, 2.24) is 5.32 Å². The number of hydrogen-bond acceptors (Lipinski definition) is 3. The summed E-state index contributed by atoms with van der Waals surface area (Å²) in [5.74, 6) is -2.05. The van der Waals surface area contributed by atoms with Crippen LogP contribution in [0.1, 0.15) is 25.8 Å². The molecular formula is C13H17F2NO2. The first-order chi connectivity index (χ1) is 8.52. The molecule has 0 spiro atoms. The summed E-state index contributed by atoms with van der Waals surface area (Å²) in [4.78, 5) is 10.7. The van der Waals surface area contributed by atoms with E-state index < -0.39 is 11.6 Å². The van der Waals surface area contributed by atoms with E-state index in [-0.39, 0.29) is 18.6 Å². The van der Waals surface area contributed by atoms with Crippen molar-refractivity contribution in [2.75, 3.05) is 6.61 Å². The SMILES string of the molecule is CCC(COC(C)=O)NCc1ccc(F)c(F)c1. The Morgan fingerprint density at radius 2 is 2.11 bits per heavy atom. The Hall–Kier alpha value is -1.49. The Morgan fingerprint density at radius 1 is 1.39 bits per heavy atom. The summed E-state index contributed by atoms with van der Waals surface area (Å²) in [5.41, 5.74) is 0.648. The molecule has 0 bridgehead atoms. The zero-order chi connectivity index (χ0) is 13.5. The third kappa shape index (κ3) is 4.79. The highest BCUT2D eigenvalue weighted by Gasteiger charge is 2.08. The average Bonchev–Trinajstić information content (AvgIpc) is 2.33. The van der Waals surface area contributed by atoms with Crippen LogP contribution >= 0.6 is 0 Å². The van der Waals surface area contributed by atoms with Crippen LogP contribution in [0.5, 0.6) is 0 Å². The fourth-order valence-corrected chi connectivity index (χ4v) is 1.45. The number of carbonyl (C=O) groups is 1. The van der Waals surface area contributed by atoms with Gasteiger partial charge in [-0.3, -0.25) is 4.79 Å². The van der Waals surface area contributed by atoms with Crippen molar-refractivity contribution in [2.45, 2.75) is 32.9 Å². The lowest BCUT2D eigenvalue weighted by atomic mass is 10.2. The van der Waals surface area contributed by atoms with Gasteiger partial charge in [0.15, 0.2) is 11.6 Å². The molecule has 1 unspecified atom stereocenters. The molecule has 1 rings (SSSR count). The van der Waals surface area contributed by atoms with Gasteiger partial charge < -0.3 is 10.1 Å². The van der Waals surface area contributed by atoms with Crippen molar-refractivity contribution in [1.29, 1.82) is 0 Å². The molecule has 0 amide bonds. The molecular weight excluding hydrogens is 240 g/mol. The number of ether oxygens (including phenoxy) is 1. The van der Waals surface area contributed by atoms with Crippen LogP contribution in [0.15, 0.2) is 18.2 Å².